The highest BCUT2D eigenvalue weighted by Gasteiger charge is 2.07. The van der Waals surface area contributed by atoms with Crippen LogP contribution < -0.4 is 4.90 Å². The number of rotatable bonds is 7. The number of ether oxygens (including phenoxy) is 1. The smallest absolute Gasteiger partial charge is 0.333 e. The molecule has 0 aliphatic rings. The lowest BCUT2D eigenvalue weighted by Gasteiger charge is -2.23. The van der Waals surface area contributed by atoms with E-state index in [-0.39, 0.29) is 5.97 Å². The van der Waals surface area contributed by atoms with Crippen LogP contribution in [-0.2, 0) is 16.0 Å². The first-order valence-corrected chi connectivity index (χ1v) is 6.75. The number of esters is 1. The van der Waals surface area contributed by atoms with Crippen molar-refractivity contribution in [1.82, 2.24) is 0 Å². The minimum Gasteiger partial charge on any atom is -0.460 e. The van der Waals surface area contributed by atoms with Crippen LogP contribution in [0.25, 0.3) is 0 Å². The van der Waals surface area contributed by atoms with Gasteiger partial charge in [-0.25, -0.2) is 4.79 Å². The lowest BCUT2D eigenvalue weighted by Crippen LogP contribution is -2.28. The molecule has 3 nitrogen and oxygen atoms in total. The maximum atomic E-state index is 11.3. The molecule has 1 rings (SSSR count). The second-order valence-electron chi connectivity index (χ2n) is 4.52. The third-order valence-electron chi connectivity index (χ3n) is 3.03. The van der Waals surface area contributed by atoms with Crippen LogP contribution in [-0.4, -0.2) is 25.7 Å². The number of carbonyl (C=O) groups is 1. The number of likely N-dealkylation sites (N-methyl/N-ethyl adjacent to an activating group) is 1. The predicted octanol–water partition coefficient (Wildman–Crippen LogP) is 3.19. The van der Waals surface area contributed by atoms with Gasteiger partial charge in [-0.05, 0) is 38.0 Å². The molecule has 0 bridgehead atoms. The van der Waals surface area contributed by atoms with Crippen LogP contribution in [0.2, 0.25) is 0 Å². The van der Waals surface area contributed by atoms with E-state index < -0.39 is 0 Å². The lowest BCUT2D eigenvalue weighted by atomic mass is 10.1. The van der Waals surface area contributed by atoms with Crippen LogP contribution in [0.5, 0.6) is 0 Å². The Balaban J connectivity index is 2.52. The minimum atomic E-state index is -0.322. The maximum absolute atomic E-state index is 11.3. The van der Waals surface area contributed by atoms with Crippen molar-refractivity contribution in [3.8, 4) is 0 Å². The van der Waals surface area contributed by atoms with Crippen LogP contribution in [0.1, 0.15) is 26.3 Å². The van der Waals surface area contributed by atoms with E-state index in [2.05, 4.69) is 49.6 Å². The van der Waals surface area contributed by atoms with Crippen molar-refractivity contribution in [2.75, 3.05) is 24.6 Å². The Morgan fingerprint density at radius 3 is 2.37 bits per heavy atom. The first-order chi connectivity index (χ1) is 9.08. The third kappa shape index (κ3) is 4.78. The predicted molar refractivity (Wildman–Crippen MR) is 79.5 cm³/mol. The number of hydrogen-bond acceptors (Lipinski definition) is 3. The van der Waals surface area contributed by atoms with E-state index in [1.54, 1.807) is 6.92 Å². The molecule has 0 aliphatic heterocycles. The highest BCUT2D eigenvalue weighted by Crippen LogP contribution is 2.15. The molecule has 0 fully saturated rings. The molecule has 0 aliphatic carbocycles. The zero-order valence-electron chi connectivity index (χ0n) is 12.1. The van der Waals surface area contributed by atoms with Gasteiger partial charge < -0.3 is 9.64 Å². The van der Waals surface area contributed by atoms with Crippen molar-refractivity contribution in [3.63, 3.8) is 0 Å². The molecule has 1 aromatic carbocycles. The van der Waals surface area contributed by atoms with Gasteiger partial charge in [-0.15, -0.1) is 0 Å². The maximum Gasteiger partial charge on any atom is 0.333 e. The largest absolute Gasteiger partial charge is 0.460 e. The molecule has 0 heterocycles. The van der Waals surface area contributed by atoms with Crippen molar-refractivity contribution < 1.29 is 9.53 Å². The van der Waals surface area contributed by atoms with E-state index in [4.69, 9.17) is 4.74 Å². The zero-order chi connectivity index (χ0) is 14.3. The highest BCUT2D eigenvalue weighted by atomic mass is 16.5. The average Bonchev–Trinajstić information content (AvgIpc) is 2.43. The van der Waals surface area contributed by atoms with Crippen LogP contribution >= 0.6 is 0 Å². The average molecular weight is 261 g/mol. The topological polar surface area (TPSA) is 29.5 Å². The molecule has 0 saturated carbocycles. The van der Waals surface area contributed by atoms with Gasteiger partial charge in [-0.2, -0.15) is 0 Å². The summed E-state index contributed by atoms with van der Waals surface area (Å²) in [5.41, 5.74) is 2.93. The number of benzene rings is 1. The Bertz CT molecular complexity index is 423. The SMILES string of the molecule is C=C(C)C(=O)OCCN(CC)c1ccc(CC)cc1. The van der Waals surface area contributed by atoms with Crippen molar-refractivity contribution >= 4 is 11.7 Å². The van der Waals surface area contributed by atoms with Crippen molar-refractivity contribution in [1.29, 1.82) is 0 Å². The number of hydrogen-bond donors (Lipinski definition) is 0. The molecule has 0 aromatic heterocycles. The second kappa shape index (κ2) is 7.62. The zero-order valence-corrected chi connectivity index (χ0v) is 12.1. The van der Waals surface area contributed by atoms with E-state index >= 15 is 0 Å². The summed E-state index contributed by atoms with van der Waals surface area (Å²) in [6, 6.07) is 8.50. The molecule has 1 aromatic rings. The van der Waals surface area contributed by atoms with Crippen LogP contribution in [0.3, 0.4) is 0 Å². The van der Waals surface area contributed by atoms with E-state index in [0.29, 0.717) is 18.7 Å². The summed E-state index contributed by atoms with van der Waals surface area (Å²) >= 11 is 0. The number of nitrogens with zero attached hydrogens (tertiary/aromatic N) is 1. The van der Waals surface area contributed by atoms with Gasteiger partial charge in [0.05, 0.1) is 6.54 Å². The Morgan fingerprint density at radius 2 is 1.89 bits per heavy atom. The van der Waals surface area contributed by atoms with Crippen molar-refractivity contribution in [2.45, 2.75) is 27.2 Å². The molecule has 0 radical (unpaired) electrons. The molecule has 0 saturated heterocycles. The van der Waals surface area contributed by atoms with Gasteiger partial charge in [-0.3, -0.25) is 0 Å². The normalized spacial score (nSPS) is 10.1. The molecule has 0 unspecified atom stereocenters. The monoisotopic (exact) mass is 261 g/mol. The molecular weight excluding hydrogens is 238 g/mol. The van der Waals surface area contributed by atoms with Crippen LogP contribution in [0.15, 0.2) is 36.4 Å². The summed E-state index contributed by atoms with van der Waals surface area (Å²) in [5, 5.41) is 0. The van der Waals surface area contributed by atoms with Gasteiger partial charge in [0.25, 0.3) is 0 Å². The van der Waals surface area contributed by atoms with Gasteiger partial charge in [0.2, 0.25) is 0 Å². The van der Waals surface area contributed by atoms with Gasteiger partial charge in [-0.1, -0.05) is 25.6 Å². The van der Waals surface area contributed by atoms with E-state index in [1.165, 1.54) is 5.56 Å². The van der Waals surface area contributed by atoms with Crippen molar-refractivity contribution in [2.24, 2.45) is 0 Å². The summed E-state index contributed by atoms with van der Waals surface area (Å²) in [5.74, 6) is -0.322. The Labute approximate surface area is 115 Å². The van der Waals surface area contributed by atoms with Gasteiger partial charge in [0.1, 0.15) is 6.61 Å². The number of anilines is 1. The fourth-order valence-corrected chi connectivity index (χ4v) is 1.78. The fourth-order valence-electron chi connectivity index (χ4n) is 1.78. The first kappa shape index (κ1) is 15.3. The third-order valence-corrected chi connectivity index (χ3v) is 3.03. The Morgan fingerprint density at radius 1 is 1.26 bits per heavy atom. The minimum absolute atomic E-state index is 0.322. The number of carbonyl (C=O) groups excluding carboxylic acids is 1. The summed E-state index contributed by atoms with van der Waals surface area (Å²) in [6.45, 7) is 11.4. The van der Waals surface area contributed by atoms with Gasteiger partial charge >= 0.3 is 5.97 Å². The highest BCUT2D eigenvalue weighted by molar-refractivity contribution is 5.86. The van der Waals surface area contributed by atoms with Gasteiger partial charge in [0.15, 0.2) is 0 Å². The van der Waals surface area contributed by atoms with Crippen LogP contribution in [0.4, 0.5) is 5.69 Å². The van der Waals surface area contributed by atoms with Crippen molar-refractivity contribution in [3.05, 3.63) is 42.0 Å². The molecular formula is C16H23NO2. The Kier molecular flexibility index (Phi) is 6.13. The Hall–Kier alpha value is -1.77. The lowest BCUT2D eigenvalue weighted by molar-refractivity contribution is -0.138. The molecule has 0 amide bonds. The summed E-state index contributed by atoms with van der Waals surface area (Å²) in [7, 11) is 0. The molecule has 0 N–H and O–H groups in total. The van der Waals surface area contributed by atoms with Crippen LogP contribution in [0, 0.1) is 0 Å². The first-order valence-electron chi connectivity index (χ1n) is 6.75. The number of aryl methyl sites for hydroxylation is 1. The van der Waals surface area contributed by atoms with E-state index in [0.717, 1.165) is 18.7 Å². The molecule has 104 valence electrons. The fraction of sp³-hybridized carbons (Fsp3) is 0.438. The van der Waals surface area contributed by atoms with E-state index in [1.807, 2.05) is 0 Å². The summed E-state index contributed by atoms with van der Waals surface area (Å²) < 4.78 is 5.12. The molecule has 0 atom stereocenters. The molecule has 19 heavy (non-hydrogen) atoms. The quantitative estimate of drug-likeness (QED) is 0.557. The summed E-state index contributed by atoms with van der Waals surface area (Å²) in [4.78, 5) is 13.5. The standard InChI is InChI=1S/C16H23NO2/c1-5-14-7-9-15(10-8-14)17(6-2)11-12-19-16(18)13(3)4/h7-10H,3,5-6,11-12H2,1-2,4H3. The van der Waals surface area contributed by atoms with E-state index in [9.17, 15) is 4.79 Å². The second-order valence-corrected chi connectivity index (χ2v) is 4.52. The molecule has 3 heteroatoms. The summed E-state index contributed by atoms with van der Waals surface area (Å²) in [6.07, 6.45) is 1.04. The molecule has 0 spiro atoms. The van der Waals surface area contributed by atoms with Gasteiger partial charge in [0, 0.05) is 17.8 Å².